The number of carbonyl (C=O) groups is 1. The van der Waals surface area contributed by atoms with Crippen molar-refractivity contribution in [3.63, 3.8) is 0 Å². The molecule has 8 nitrogen and oxygen atoms in total. The minimum Gasteiger partial charge on any atom is -0.493 e. The van der Waals surface area contributed by atoms with Crippen molar-refractivity contribution >= 4 is 40.0 Å². The summed E-state index contributed by atoms with van der Waals surface area (Å²) in [6, 6.07) is 7.46. The third-order valence-corrected chi connectivity index (χ3v) is 5.81. The molecule has 1 aliphatic rings. The van der Waals surface area contributed by atoms with Crippen LogP contribution in [-0.4, -0.2) is 53.4 Å². The Kier molecular flexibility index (Phi) is 6.80. The Morgan fingerprint density at radius 2 is 2.12 bits per heavy atom. The molecule has 1 aliphatic heterocycles. The Morgan fingerprint density at radius 1 is 1.30 bits per heavy atom. The normalized spacial score (nSPS) is 17.5. The van der Waals surface area contributed by atoms with Gasteiger partial charge in [-0.15, -0.1) is 0 Å². The smallest absolute Gasteiger partial charge is 0.323 e. The van der Waals surface area contributed by atoms with Crippen LogP contribution in [0.4, 0.5) is 15.9 Å². The Balaban J connectivity index is 1.69. The fourth-order valence-electron chi connectivity index (χ4n) is 3.75. The van der Waals surface area contributed by atoms with Crippen LogP contribution in [0.3, 0.4) is 0 Å². The number of rotatable bonds is 7. The molecular weight excluding hydrogens is 451 g/mol. The summed E-state index contributed by atoms with van der Waals surface area (Å²) in [6.45, 7) is 4.68. The van der Waals surface area contributed by atoms with Crippen LogP contribution in [0.25, 0.3) is 10.9 Å². The van der Waals surface area contributed by atoms with Gasteiger partial charge >= 0.3 is 5.97 Å². The van der Waals surface area contributed by atoms with Crippen LogP contribution in [0.15, 0.2) is 36.7 Å². The monoisotopic (exact) mass is 474 g/mol. The van der Waals surface area contributed by atoms with Crippen LogP contribution in [0, 0.1) is 5.82 Å². The first-order valence-corrected chi connectivity index (χ1v) is 10.9. The summed E-state index contributed by atoms with van der Waals surface area (Å²) < 4.78 is 30.6. The predicted molar refractivity (Wildman–Crippen MR) is 123 cm³/mol. The van der Waals surface area contributed by atoms with E-state index in [-0.39, 0.29) is 17.2 Å². The number of carbonyl (C=O) groups excluding carboxylic acids is 1. The topological polar surface area (TPSA) is 85.8 Å². The number of aromatic nitrogens is 2. The molecule has 0 bridgehead atoms. The number of anilines is 2. The van der Waals surface area contributed by atoms with E-state index in [0.29, 0.717) is 53.5 Å². The number of nitrogens with zero attached hydrogens (tertiary/aromatic N) is 3. The second-order valence-corrected chi connectivity index (χ2v) is 7.97. The molecule has 0 spiro atoms. The molecule has 3 aromatic rings. The van der Waals surface area contributed by atoms with Gasteiger partial charge in [-0.05, 0) is 37.6 Å². The van der Waals surface area contributed by atoms with Crippen molar-refractivity contribution in [1.29, 1.82) is 0 Å². The van der Waals surface area contributed by atoms with Crippen molar-refractivity contribution in [2.45, 2.75) is 32.5 Å². The summed E-state index contributed by atoms with van der Waals surface area (Å²) >= 11 is 5.91. The first kappa shape index (κ1) is 23.0. The molecule has 2 atom stereocenters. The highest BCUT2D eigenvalue weighted by molar-refractivity contribution is 6.31. The van der Waals surface area contributed by atoms with Gasteiger partial charge in [0.05, 0.1) is 17.6 Å². The minimum atomic E-state index is -0.503. The highest BCUT2D eigenvalue weighted by atomic mass is 35.5. The van der Waals surface area contributed by atoms with Crippen LogP contribution in [0.2, 0.25) is 5.02 Å². The second kappa shape index (κ2) is 9.76. The summed E-state index contributed by atoms with van der Waals surface area (Å²) in [4.78, 5) is 22.7. The highest BCUT2D eigenvalue weighted by Crippen LogP contribution is 2.36. The van der Waals surface area contributed by atoms with E-state index in [4.69, 9.17) is 25.8 Å². The third-order valence-electron chi connectivity index (χ3n) is 5.52. The van der Waals surface area contributed by atoms with Crippen LogP contribution in [-0.2, 0) is 9.53 Å². The summed E-state index contributed by atoms with van der Waals surface area (Å²) in [7, 11) is 1.55. The Hall–Kier alpha value is -3.17. The van der Waals surface area contributed by atoms with Gasteiger partial charge in [-0.1, -0.05) is 18.5 Å². The van der Waals surface area contributed by atoms with Crippen molar-refractivity contribution in [1.82, 2.24) is 14.9 Å². The zero-order valence-electron chi connectivity index (χ0n) is 18.5. The number of esters is 1. The number of cyclic esters (lactones) is 1. The Morgan fingerprint density at radius 3 is 2.85 bits per heavy atom. The highest BCUT2D eigenvalue weighted by Gasteiger charge is 2.33. The van der Waals surface area contributed by atoms with Crippen molar-refractivity contribution in [3.8, 4) is 11.5 Å². The molecule has 2 aromatic carbocycles. The van der Waals surface area contributed by atoms with E-state index in [1.54, 1.807) is 32.2 Å². The fourth-order valence-corrected chi connectivity index (χ4v) is 3.93. The summed E-state index contributed by atoms with van der Waals surface area (Å²) in [6.07, 6.45) is 1.70. The molecule has 33 heavy (non-hydrogen) atoms. The first-order chi connectivity index (χ1) is 15.9. The molecule has 0 amide bonds. The van der Waals surface area contributed by atoms with Gasteiger partial charge in [-0.3, -0.25) is 9.69 Å². The molecule has 1 aromatic heterocycles. The van der Waals surface area contributed by atoms with Crippen molar-refractivity contribution in [3.05, 3.63) is 47.5 Å². The van der Waals surface area contributed by atoms with E-state index in [9.17, 15) is 9.18 Å². The van der Waals surface area contributed by atoms with E-state index in [1.807, 2.05) is 11.8 Å². The maximum absolute atomic E-state index is 13.5. The predicted octanol–water partition coefficient (Wildman–Crippen LogP) is 4.54. The molecule has 0 saturated carbocycles. The number of ether oxygens (including phenoxy) is 3. The lowest BCUT2D eigenvalue weighted by atomic mass is 10.2. The number of hydrogen-bond donors (Lipinski definition) is 1. The molecule has 10 heteroatoms. The van der Waals surface area contributed by atoms with Gasteiger partial charge < -0.3 is 19.5 Å². The fraction of sp³-hybridized carbons (Fsp3) is 0.348. The Bertz CT molecular complexity index is 1180. The van der Waals surface area contributed by atoms with E-state index < -0.39 is 11.9 Å². The van der Waals surface area contributed by atoms with E-state index in [2.05, 4.69) is 15.3 Å². The molecule has 4 rings (SSSR count). The van der Waals surface area contributed by atoms with Crippen LogP contribution in [0.1, 0.15) is 20.3 Å². The van der Waals surface area contributed by atoms with Crippen molar-refractivity contribution < 1.29 is 23.4 Å². The maximum Gasteiger partial charge on any atom is 0.323 e. The van der Waals surface area contributed by atoms with Crippen molar-refractivity contribution in [2.24, 2.45) is 0 Å². The minimum absolute atomic E-state index is 0.00372. The average Bonchev–Trinajstić information content (AvgIpc) is 2.81. The lowest BCUT2D eigenvalue weighted by Gasteiger charge is -2.37. The zero-order valence-corrected chi connectivity index (χ0v) is 19.2. The molecule has 0 aliphatic carbocycles. The van der Waals surface area contributed by atoms with Gasteiger partial charge in [0, 0.05) is 23.7 Å². The number of methoxy groups -OCH3 is 1. The number of benzene rings is 2. The number of fused-ring (bicyclic) bond motifs is 1. The Labute approximate surface area is 195 Å². The molecule has 174 valence electrons. The maximum atomic E-state index is 13.5. The third kappa shape index (κ3) is 4.79. The number of hydrogen-bond acceptors (Lipinski definition) is 8. The van der Waals surface area contributed by atoms with E-state index in [0.717, 1.165) is 0 Å². The molecule has 1 saturated heterocycles. The lowest BCUT2D eigenvalue weighted by molar-refractivity contribution is -0.163. The molecule has 2 heterocycles. The van der Waals surface area contributed by atoms with Crippen molar-refractivity contribution in [2.75, 3.05) is 25.6 Å². The average molecular weight is 475 g/mol. The van der Waals surface area contributed by atoms with Gasteiger partial charge in [-0.2, -0.15) is 0 Å². The van der Waals surface area contributed by atoms with E-state index >= 15 is 0 Å². The summed E-state index contributed by atoms with van der Waals surface area (Å²) in [5, 5.41) is 3.83. The van der Waals surface area contributed by atoms with Gasteiger partial charge in [0.25, 0.3) is 0 Å². The van der Waals surface area contributed by atoms with Gasteiger partial charge in [0.2, 0.25) is 0 Å². The zero-order chi connectivity index (χ0) is 23.5. The molecular formula is C23H24ClFN4O4. The summed E-state index contributed by atoms with van der Waals surface area (Å²) in [5.41, 5.74) is 1.21. The van der Waals surface area contributed by atoms with Gasteiger partial charge in [0.15, 0.2) is 17.7 Å². The molecule has 2 unspecified atom stereocenters. The number of halogens is 2. The first-order valence-electron chi connectivity index (χ1n) is 10.5. The summed E-state index contributed by atoms with van der Waals surface area (Å²) in [5.74, 6) is 0.710. The quantitative estimate of drug-likeness (QED) is 0.500. The lowest BCUT2D eigenvalue weighted by Crippen LogP contribution is -2.53. The standard InChI is InChI=1S/C23H24ClFN4O4/c1-4-21(29-7-8-32-23(30)13(29)2)33-20-10-15-18(11-19(20)31-3)26-12-27-22(15)28-14-5-6-17(25)16(24)9-14/h5-6,9-13,21H,4,7-8H2,1-3H3,(H,26,27,28). The van der Waals surface area contributed by atoms with Crippen LogP contribution in [0.5, 0.6) is 11.5 Å². The molecule has 1 N–H and O–H groups in total. The van der Waals surface area contributed by atoms with Crippen LogP contribution >= 0.6 is 11.6 Å². The SMILES string of the molecule is CCC(Oc1cc2c(Nc3ccc(F)c(Cl)c3)ncnc2cc1OC)N1CCOC(=O)C1C. The molecule has 0 radical (unpaired) electrons. The number of morpholine rings is 1. The van der Waals surface area contributed by atoms with Gasteiger partial charge in [0.1, 0.15) is 30.6 Å². The van der Waals surface area contributed by atoms with Gasteiger partial charge in [-0.25, -0.2) is 14.4 Å². The van der Waals surface area contributed by atoms with E-state index in [1.165, 1.54) is 18.5 Å². The molecule has 1 fully saturated rings. The van der Waals surface area contributed by atoms with Crippen LogP contribution < -0.4 is 14.8 Å². The second-order valence-electron chi connectivity index (χ2n) is 7.56. The number of nitrogens with one attached hydrogen (secondary N) is 1. The largest absolute Gasteiger partial charge is 0.493 e.